The second-order valence-electron chi connectivity index (χ2n) is 6.23. The Labute approximate surface area is 147 Å². The van der Waals surface area contributed by atoms with Crippen LogP contribution in [0, 0.1) is 0 Å². The van der Waals surface area contributed by atoms with E-state index in [1.807, 2.05) is 12.3 Å². The fraction of sp³-hybridized carbons (Fsp3) is 0.182. The second kappa shape index (κ2) is 6.89. The first-order valence-corrected chi connectivity index (χ1v) is 8.84. The lowest BCUT2D eigenvalue weighted by Gasteiger charge is -2.05. The Hall–Kier alpha value is -2.94. The van der Waals surface area contributed by atoms with E-state index in [9.17, 15) is 0 Å². The number of aromatic nitrogens is 2. The van der Waals surface area contributed by atoms with Crippen LogP contribution in [0.25, 0.3) is 21.8 Å². The molecule has 124 valence electrons. The van der Waals surface area contributed by atoms with Crippen molar-refractivity contribution in [3.63, 3.8) is 0 Å². The quantitative estimate of drug-likeness (QED) is 0.430. The predicted octanol–water partition coefficient (Wildman–Crippen LogP) is 5.74. The van der Waals surface area contributed by atoms with Crippen molar-refractivity contribution in [3.05, 3.63) is 72.3 Å². The largest absolute Gasteiger partial charge is 0.308 e. The Balaban J connectivity index is 1.78. The summed E-state index contributed by atoms with van der Waals surface area (Å²) in [4.78, 5) is 9.47. The monoisotopic (exact) mass is 327 g/mol. The zero-order chi connectivity index (χ0) is 17.1. The molecule has 0 atom stereocenters. The summed E-state index contributed by atoms with van der Waals surface area (Å²) in [6.07, 6.45) is 4.21. The summed E-state index contributed by atoms with van der Waals surface area (Å²) in [5, 5.41) is 2.44. The molecule has 0 saturated heterocycles. The van der Waals surface area contributed by atoms with Gasteiger partial charge in [0, 0.05) is 18.3 Å². The SMILES string of the molecule is CCCCn1c(/N=C/c2cccc3ccccc23)nc2ccccc21. The molecule has 3 aromatic carbocycles. The Morgan fingerprint density at radius 2 is 1.76 bits per heavy atom. The lowest BCUT2D eigenvalue weighted by atomic mass is 10.1. The number of hydrogen-bond donors (Lipinski definition) is 0. The van der Waals surface area contributed by atoms with Gasteiger partial charge in [0.2, 0.25) is 5.95 Å². The predicted molar refractivity (Wildman–Crippen MR) is 106 cm³/mol. The molecule has 0 aliphatic rings. The van der Waals surface area contributed by atoms with Crippen molar-refractivity contribution in [2.24, 2.45) is 4.99 Å². The van der Waals surface area contributed by atoms with E-state index in [4.69, 9.17) is 9.98 Å². The molecule has 0 unspecified atom stereocenters. The summed E-state index contributed by atoms with van der Waals surface area (Å²) in [5.41, 5.74) is 3.27. The lowest BCUT2D eigenvalue weighted by Crippen LogP contribution is -1.97. The van der Waals surface area contributed by atoms with Crippen LogP contribution in [-0.2, 0) is 6.54 Å². The van der Waals surface area contributed by atoms with Gasteiger partial charge in [-0.25, -0.2) is 9.98 Å². The highest BCUT2D eigenvalue weighted by atomic mass is 15.2. The second-order valence-corrected chi connectivity index (χ2v) is 6.23. The molecule has 0 saturated carbocycles. The van der Waals surface area contributed by atoms with Crippen molar-refractivity contribution in [1.29, 1.82) is 0 Å². The van der Waals surface area contributed by atoms with E-state index < -0.39 is 0 Å². The molecule has 0 radical (unpaired) electrons. The summed E-state index contributed by atoms with van der Waals surface area (Å²) < 4.78 is 2.22. The average Bonchev–Trinajstić information content (AvgIpc) is 3.02. The van der Waals surface area contributed by atoms with Crippen LogP contribution in [0.5, 0.6) is 0 Å². The molecule has 0 spiro atoms. The maximum atomic E-state index is 4.74. The van der Waals surface area contributed by atoms with Crippen LogP contribution in [-0.4, -0.2) is 15.8 Å². The molecule has 1 heterocycles. The topological polar surface area (TPSA) is 30.2 Å². The van der Waals surface area contributed by atoms with E-state index in [2.05, 4.69) is 72.2 Å². The highest BCUT2D eigenvalue weighted by molar-refractivity contribution is 6.00. The van der Waals surface area contributed by atoms with Crippen molar-refractivity contribution in [1.82, 2.24) is 9.55 Å². The van der Waals surface area contributed by atoms with Crippen molar-refractivity contribution in [2.75, 3.05) is 0 Å². The number of unbranched alkanes of at least 4 members (excludes halogenated alkanes) is 1. The molecule has 3 heteroatoms. The highest BCUT2D eigenvalue weighted by Crippen LogP contribution is 2.23. The van der Waals surface area contributed by atoms with Crippen LogP contribution in [0.2, 0.25) is 0 Å². The van der Waals surface area contributed by atoms with Gasteiger partial charge in [-0.1, -0.05) is 67.9 Å². The first kappa shape index (κ1) is 15.6. The Morgan fingerprint density at radius 3 is 2.68 bits per heavy atom. The number of fused-ring (bicyclic) bond motifs is 2. The van der Waals surface area contributed by atoms with Crippen LogP contribution >= 0.6 is 0 Å². The molecule has 4 rings (SSSR count). The van der Waals surface area contributed by atoms with E-state index in [1.54, 1.807) is 0 Å². The molecule has 0 N–H and O–H groups in total. The zero-order valence-corrected chi connectivity index (χ0v) is 14.4. The number of rotatable bonds is 5. The van der Waals surface area contributed by atoms with Gasteiger partial charge in [-0.15, -0.1) is 0 Å². The standard InChI is InChI=1S/C22H21N3/c1-2-3-15-25-21-14-7-6-13-20(21)24-22(25)23-16-18-11-8-10-17-9-4-5-12-19(17)18/h4-14,16H,2-3,15H2,1H3/b23-16+. The first-order valence-electron chi connectivity index (χ1n) is 8.84. The number of benzene rings is 3. The van der Waals surface area contributed by atoms with Crippen molar-refractivity contribution < 1.29 is 0 Å². The van der Waals surface area contributed by atoms with E-state index in [1.165, 1.54) is 10.8 Å². The average molecular weight is 327 g/mol. The third-order valence-electron chi connectivity index (χ3n) is 4.51. The fourth-order valence-corrected chi connectivity index (χ4v) is 3.19. The Morgan fingerprint density at radius 1 is 0.960 bits per heavy atom. The highest BCUT2D eigenvalue weighted by Gasteiger charge is 2.08. The third-order valence-corrected chi connectivity index (χ3v) is 4.51. The van der Waals surface area contributed by atoms with Gasteiger partial charge in [-0.05, 0) is 29.3 Å². The first-order chi connectivity index (χ1) is 12.4. The molecular formula is C22H21N3. The molecule has 4 aromatic rings. The fourth-order valence-electron chi connectivity index (χ4n) is 3.19. The summed E-state index contributed by atoms with van der Waals surface area (Å²) in [5.74, 6) is 0.780. The molecule has 25 heavy (non-hydrogen) atoms. The Kier molecular flexibility index (Phi) is 4.30. The molecule has 0 aliphatic heterocycles. The van der Waals surface area contributed by atoms with Crippen molar-refractivity contribution in [2.45, 2.75) is 26.3 Å². The number of hydrogen-bond acceptors (Lipinski definition) is 2. The molecule has 3 nitrogen and oxygen atoms in total. The maximum absolute atomic E-state index is 4.74. The molecule has 0 bridgehead atoms. The molecule has 0 amide bonds. The van der Waals surface area contributed by atoms with Gasteiger partial charge in [0.05, 0.1) is 11.0 Å². The van der Waals surface area contributed by atoms with Crippen LogP contribution in [0.15, 0.2) is 71.7 Å². The van der Waals surface area contributed by atoms with Gasteiger partial charge < -0.3 is 4.57 Å². The molecule has 1 aromatic heterocycles. The van der Waals surface area contributed by atoms with Crippen molar-refractivity contribution >= 4 is 34.0 Å². The van der Waals surface area contributed by atoms with Crippen LogP contribution in [0.4, 0.5) is 5.95 Å². The number of imidazole rings is 1. The van der Waals surface area contributed by atoms with Crippen LogP contribution in [0.3, 0.4) is 0 Å². The zero-order valence-electron chi connectivity index (χ0n) is 14.4. The van der Waals surface area contributed by atoms with E-state index in [0.717, 1.165) is 41.9 Å². The maximum Gasteiger partial charge on any atom is 0.230 e. The molecule has 0 fully saturated rings. The van der Waals surface area contributed by atoms with E-state index in [-0.39, 0.29) is 0 Å². The minimum Gasteiger partial charge on any atom is -0.308 e. The minimum atomic E-state index is 0.780. The van der Waals surface area contributed by atoms with E-state index in [0.29, 0.717) is 0 Å². The Bertz CT molecular complexity index is 1040. The molecule has 0 aliphatic carbocycles. The van der Waals surface area contributed by atoms with Gasteiger partial charge in [-0.3, -0.25) is 0 Å². The number of aliphatic imine (C=N–C) groups is 1. The smallest absolute Gasteiger partial charge is 0.230 e. The van der Waals surface area contributed by atoms with Gasteiger partial charge in [0.25, 0.3) is 0 Å². The van der Waals surface area contributed by atoms with Gasteiger partial charge in [0.1, 0.15) is 0 Å². The molecular weight excluding hydrogens is 306 g/mol. The minimum absolute atomic E-state index is 0.780. The summed E-state index contributed by atoms with van der Waals surface area (Å²) >= 11 is 0. The number of aryl methyl sites for hydroxylation is 1. The van der Waals surface area contributed by atoms with Crippen LogP contribution in [0.1, 0.15) is 25.3 Å². The lowest BCUT2D eigenvalue weighted by molar-refractivity contribution is 0.649. The number of nitrogens with zero attached hydrogens (tertiary/aromatic N) is 3. The third kappa shape index (κ3) is 3.05. The van der Waals surface area contributed by atoms with Gasteiger partial charge in [0.15, 0.2) is 0 Å². The normalized spacial score (nSPS) is 11.7. The number of para-hydroxylation sites is 2. The van der Waals surface area contributed by atoms with Crippen molar-refractivity contribution in [3.8, 4) is 0 Å². The van der Waals surface area contributed by atoms with Crippen LogP contribution < -0.4 is 0 Å². The summed E-state index contributed by atoms with van der Waals surface area (Å²) in [6, 6.07) is 23.0. The van der Waals surface area contributed by atoms with Gasteiger partial charge >= 0.3 is 0 Å². The van der Waals surface area contributed by atoms with E-state index >= 15 is 0 Å². The summed E-state index contributed by atoms with van der Waals surface area (Å²) in [7, 11) is 0. The van der Waals surface area contributed by atoms with Gasteiger partial charge in [-0.2, -0.15) is 0 Å². The summed E-state index contributed by atoms with van der Waals surface area (Å²) in [6.45, 7) is 3.15.